The van der Waals surface area contributed by atoms with Gasteiger partial charge in [-0.3, -0.25) is 0 Å². The number of hydrogen-bond donors (Lipinski definition) is 1. The van der Waals surface area contributed by atoms with Crippen molar-refractivity contribution in [3.8, 4) is 0 Å². The largest absolute Gasteiger partial charge is 0.510 e. The first-order valence-corrected chi connectivity index (χ1v) is 2.44. The maximum atomic E-state index is 8.75. The SMILES string of the molecule is C=C1C=C(O)COC1. The van der Waals surface area contributed by atoms with E-state index in [4.69, 9.17) is 9.84 Å². The van der Waals surface area contributed by atoms with E-state index >= 15 is 0 Å². The van der Waals surface area contributed by atoms with Crippen molar-refractivity contribution in [3.63, 3.8) is 0 Å². The Morgan fingerprint density at radius 2 is 2.38 bits per heavy atom. The van der Waals surface area contributed by atoms with E-state index in [1.54, 1.807) is 6.08 Å². The molecule has 44 valence electrons. The van der Waals surface area contributed by atoms with E-state index in [1.807, 2.05) is 0 Å². The lowest BCUT2D eigenvalue weighted by Crippen LogP contribution is -2.06. The summed E-state index contributed by atoms with van der Waals surface area (Å²) in [7, 11) is 0. The van der Waals surface area contributed by atoms with Crippen molar-refractivity contribution < 1.29 is 9.84 Å². The second kappa shape index (κ2) is 2.01. The van der Waals surface area contributed by atoms with Gasteiger partial charge in [0.1, 0.15) is 12.4 Å². The van der Waals surface area contributed by atoms with E-state index in [2.05, 4.69) is 6.58 Å². The predicted octanol–water partition coefficient (Wildman–Crippen LogP) is 1.01. The minimum atomic E-state index is 0.265. The number of ether oxygens (including phenoxy) is 1. The zero-order valence-electron chi connectivity index (χ0n) is 4.55. The third-order valence-corrected chi connectivity index (χ3v) is 0.908. The number of aliphatic hydroxyl groups excluding tert-OH is 1. The Morgan fingerprint density at radius 1 is 1.62 bits per heavy atom. The molecule has 0 radical (unpaired) electrons. The van der Waals surface area contributed by atoms with Crippen LogP contribution in [0.2, 0.25) is 0 Å². The maximum absolute atomic E-state index is 8.75. The summed E-state index contributed by atoms with van der Waals surface area (Å²) in [4.78, 5) is 0. The summed E-state index contributed by atoms with van der Waals surface area (Å²) in [6, 6.07) is 0. The van der Waals surface area contributed by atoms with Crippen molar-refractivity contribution in [1.82, 2.24) is 0 Å². The van der Waals surface area contributed by atoms with Gasteiger partial charge in [0.25, 0.3) is 0 Å². The molecule has 0 aromatic carbocycles. The Kier molecular flexibility index (Phi) is 1.35. The quantitative estimate of drug-likeness (QED) is 0.506. The lowest BCUT2D eigenvalue weighted by atomic mass is 10.2. The van der Waals surface area contributed by atoms with Crippen LogP contribution in [0.15, 0.2) is 24.0 Å². The summed E-state index contributed by atoms with van der Waals surface area (Å²) in [5.41, 5.74) is 0.828. The minimum absolute atomic E-state index is 0.265. The zero-order chi connectivity index (χ0) is 5.98. The molecule has 8 heavy (non-hydrogen) atoms. The standard InChI is InChI=1S/C6H8O2/c1-5-2-6(7)4-8-3-5/h2,7H,1,3-4H2. The van der Waals surface area contributed by atoms with Crippen LogP contribution in [0.4, 0.5) is 0 Å². The number of hydrogen-bond acceptors (Lipinski definition) is 2. The molecule has 0 unspecified atom stereocenters. The molecule has 0 bridgehead atoms. The van der Waals surface area contributed by atoms with Crippen molar-refractivity contribution in [3.05, 3.63) is 24.0 Å². The van der Waals surface area contributed by atoms with Crippen molar-refractivity contribution >= 4 is 0 Å². The average Bonchev–Trinajstić information content (AvgIpc) is 1.64. The molecule has 2 nitrogen and oxygen atoms in total. The summed E-state index contributed by atoms with van der Waals surface area (Å²) in [5, 5.41) is 8.75. The van der Waals surface area contributed by atoms with Crippen molar-refractivity contribution in [2.45, 2.75) is 0 Å². The van der Waals surface area contributed by atoms with Gasteiger partial charge in [-0.1, -0.05) is 6.58 Å². The topological polar surface area (TPSA) is 29.5 Å². The highest BCUT2D eigenvalue weighted by atomic mass is 16.5. The Labute approximate surface area is 48.1 Å². The molecule has 2 heteroatoms. The van der Waals surface area contributed by atoms with Crippen LogP contribution < -0.4 is 0 Å². The third-order valence-electron chi connectivity index (χ3n) is 0.908. The highest BCUT2D eigenvalue weighted by molar-refractivity contribution is 5.19. The van der Waals surface area contributed by atoms with Crippen molar-refractivity contribution in [2.75, 3.05) is 13.2 Å². The number of rotatable bonds is 0. The zero-order valence-corrected chi connectivity index (χ0v) is 4.55. The van der Waals surface area contributed by atoms with Gasteiger partial charge in [-0.05, 0) is 11.6 Å². The molecule has 1 N–H and O–H groups in total. The number of aliphatic hydroxyl groups is 1. The van der Waals surface area contributed by atoms with Crippen LogP contribution >= 0.6 is 0 Å². The predicted molar refractivity (Wildman–Crippen MR) is 30.7 cm³/mol. The van der Waals surface area contributed by atoms with Crippen LogP contribution in [-0.2, 0) is 4.74 Å². The molecule has 0 amide bonds. The van der Waals surface area contributed by atoms with Gasteiger partial charge >= 0.3 is 0 Å². The summed E-state index contributed by atoms with van der Waals surface area (Å²) in [6.07, 6.45) is 1.63. The fourth-order valence-corrected chi connectivity index (χ4v) is 0.606. The van der Waals surface area contributed by atoms with E-state index in [0.717, 1.165) is 5.57 Å². The highest BCUT2D eigenvalue weighted by Gasteiger charge is 2.01. The molecule has 1 aliphatic heterocycles. The molecule has 0 spiro atoms. The van der Waals surface area contributed by atoms with Gasteiger partial charge in [0, 0.05) is 0 Å². The summed E-state index contributed by atoms with van der Waals surface area (Å²) in [6.45, 7) is 4.48. The van der Waals surface area contributed by atoms with Crippen LogP contribution in [0, 0.1) is 0 Å². The van der Waals surface area contributed by atoms with Crippen LogP contribution in [-0.4, -0.2) is 18.3 Å². The molecule has 1 rings (SSSR count). The van der Waals surface area contributed by atoms with Gasteiger partial charge in [-0.25, -0.2) is 0 Å². The second-order valence-corrected chi connectivity index (χ2v) is 1.79. The van der Waals surface area contributed by atoms with Crippen LogP contribution in [0.3, 0.4) is 0 Å². The summed E-state index contributed by atoms with van der Waals surface area (Å²) < 4.78 is 4.88. The van der Waals surface area contributed by atoms with E-state index < -0.39 is 0 Å². The monoisotopic (exact) mass is 112 g/mol. The minimum Gasteiger partial charge on any atom is -0.510 e. The molecular weight excluding hydrogens is 104 g/mol. The van der Waals surface area contributed by atoms with Crippen LogP contribution in [0.5, 0.6) is 0 Å². The molecule has 0 saturated carbocycles. The van der Waals surface area contributed by atoms with E-state index in [1.165, 1.54) is 0 Å². The molecule has 0 fully saturated rings. The van der Waals surface area contributed by atoms with Gasteiger partial charge in [0.2, 0.25) is 0 Å². The first kappa shape index (κ1) is 5.38. The maximum Gasteiger partial charge on any atom is 0.118 e. The lowest BCUT2D eigenvalue weighted by Gasteiger charge is -2.09. The van der Waals surface area contributed by atoms with Gasteiger partial charge in [-0.2, -0.15) is 0 Å². The second-order valence-electron chi connectivity index (χ2n) is 1.79. The third kappa shape index (κ3) is 1.10. The first-order chi connectivity index (χ1) is 3.79. The fourth-order valence-electron chi connectivity index (χ4n) is 0.606. The Balaban J connectivity index is 2.64. The Morgan fingerprint density at radius 3 is 2.75 bits per heavy atom. The van der Waals surface area contributed by atoms with E-state index in [0.29, 0.717) is 13.2 Å². The van der Waals surface area contributed by atoms with Crippen molar-refractivity contribution in [1.29, 1.82) is 0 Å². The van der Waals surface area contributed by atoms with Gasteiger partial charge < -0.3 is 9.84 Å². The summed E-state index contributed by atoms with van der Waals surface area (Å²) >= 11 is 0. The Bertz CT molecular complexity index is 135. The van der Waals surface area contributed by atoms with Crippen LogP contribution in [0.25, 0.3) is 0 Å². The molecule has 1 heterocycles. The van der Waals surface area contributed by atoms with Gasteiger partial charge in [-0.15, -0.1) is 0 Å². The van der Waals surface area contributed by atoms with Crippen molar-refractivity contribution in [2.24, 2.45) is 0 Å². The molecule has 1 aliphatic rings. The molecule has 0 aromatic heterocycles. The molecule has 0 aromatic rings. The fraction of sp³-hybridized carbons (Fsp3) is 0.333. The highest BCUT2D eigenvalue weighted by Crippen LogP contribution is 2.05. The molecule has 0 saturated heterocycles. The molecule has 0 aliphatic carbocycles. The van der Waals surface area contributed by atoms with E-state index in [9.17, 15) is 0 Å². The first-order valence-electron chi connectivity index (χ1n) is 2.44. The average molecular weight is 112 g/mol. The Hall–Kier alpha value is -0.760. The molecule has 0 atom stereocenters. The summed E-state index contributed by atoms with van der Waals surface area (Å²) in [5.74, 6) is 0.265. The normalized spacial score (nSPS) is 20.5. The smallest absolute Gasteiger partial charge is 0.118 e. The van der Waals surface area contributed by atoms with E-state index in [-0.39, 0.29) is 5.76 Å². The van der Waals surface area contributed by atoms with Crippen LogP contribution in [0.1, 0.15) is 0 Å². The molecular formula is C6H8O2. The lowest BCUT2D eigenvalue weighted by molar-refractivity contribution is 0.138. The van der Waals surface area contributed by atoms with Gasteiger partial charge in [0.05, 0.1) is 6.61 Å². The van der Waals surface area contributed by atoms with Gasteiger partial charge in [0.15, 0.2) is 0 Å².